The highest BCUT2D eigenvalue weighted by Crippen LogP contribution is 2.58. The zero-order valence-electron chi connectivity index (χ0n) is 64.0. The van der Waals surface area contributed by atoms with E-state index in [2.05, 4.69) is 443 Å². The molecule has 0 bridgehead atoms. The molecule has 0 amide bonds. The summed E-state index contributed by atoms with van der Waals surface area (Å²) in [6.07, 6.45) is 0. The maximum Gasteiger partial charge on any atom is 0.252 e. The summed E-state index contributed by atoms with van der Waals surface area (Å²) in [5.74, 6) is 0. The van der Waals surface area contributed by atoms with E-state index in [-0.39, 0.29) is 13.4 Å². The van der Waals surface area contributed by atoms with Crippen molar-refractivity contribution in [1.29, 1.82) is 0 Å². The van der Waals surface area contributed by atoms with Gasteiger partial charge in [-0.25, -0.2) is 0 Å². The van der Waals surface area contributed by atoms with E-state index in [9.17, 15) is 0 Å². The second kappa shape index (κ2) is 27.6. The van der Waals surface area contributed by atoms with Crippen molar-refractivity contribution in [3.63, 3.8) is 0 Å². The molecule has 20 aromatic rings. The van der Waals surface area contributed by atoms with E-state index in [0.717, 1.165) is 152 Å². The summed E-state index contributed by atoms with van der Waals surface area (Å²) in [4.78, 5) is 15.2. The van der Waals surface area contributed by atoms with Crippen LogP contribution in [0.2, 0.25) is 0 Å². The van der Waals surface area contributed by atoms with Gasteiger partial charge in [-0.2, -0.15) is 0 Å². The van der Waals surface area contributed by atoms with Crippen LogP contribution in [0.25, 0.3) is 86.6 Å². The van der Waals surface area contributed by atoms with Crippen LogP contribution in [0.4, 0.5) is 85.3 Å². The Morgan fingerprint density at radius 3 is 1.18 bits per heavy atom. The molecule has 0 N–H and O–H groups in total. The van der Waals surface area contributed by atoms with Crippen LogP contribution in [0.5, 0.6) is 0 Å². The van der Waals surface area contributed by atoms with Gasteiger partial charge in [-0.1, -0.05) is 333 Å². The molecule has 4 aliphatic heterocycles. The molecule has 0 fully saturated rings. The minimum Gasteiger partial charge on any atom is -0.454 e. The quantitative estimate of drug-likeness (QED) is 0.106. The van der Waals surface area contributed by atoms with Gasteiger partial charge in [0.1, 0.15) is 5.58 Å². The van der Waals surface area contributed by atoms with E-state index < -0.39 is 0 Å². The predicted molar refractivity (Wildman–Crippen MR) is 502 cm³/mol. The second-order valence-corrected chi connectivity index (χ2v) is 33.0. The lowest BCUT2D eigenvalue weighted by atomic mass is 9.31. The van der Waals surface area contributed by atoms with E-state index in [0.29, 0.717) is 0 Å². The van der Waals surface area contributed by atoms with Gasteiger partial charge in [-0.15, -0.1) is 11.3 Å². The van der Waals surface area contributed by atoms with E-state index in [1.165, 1.54) is 63.0 Å². The third-order valence-electron chi connectivity index (χ3n) is 24.4. The third kappa shape index (κ3) is 10.7. The van der Waals surface area contributed by atoms with Crippen LogP contribution >= 0.6 is 23.1 Å². The smallest absolute Gasteiger partial charge is 0.252 e. The number of para-hydroxylation sites is 8. The Labute approximate surface area is 693 Å². The van der Waals surface area contributed by atoms with Gasteiger partial charge in [0.05, 0.1) is 33.1 Å². The third-order valence-corrected chi connectivity index (χ3v) is 26.7. The fourth-order valence-corrected chi connectivity index (χ4v) is 21.9. The molecule has 0 aliphatic carbocycles. The summed E-state index contributed by atoms with van der Waals surface area (Å²) < 4.78 is 10.1. The number of fused-ring (bicyclic) bond motifs is 16. The molecule has 2 aromatic heterocycles. The van der Waals surface area contributed by atoms with Crippen molar-refractivity contribution in [1.82, 2.24) is 0 Å². The summed E-state index contributed by atoms with van der Waals surface area (Å²) in [5, 5.41) is 4.60. The van der Waals surface area contributed by atoms with Crippen molar-refractivity contribution in [2.24, 2.45) is 0 Å². The highest BCUT2D eigenvalue weighted by atomic mass is 32.2. The first-order valence-corrected chi connectivity index (χ1v) is 42.1. The van der Waals surface area contributed by atoms with Gasteiger partial charge in [0, 0.05) is 115 Å². The Morgan fingerprint density at radius 2 is 0.661 bits per heavy atom. The standard InChI is InChI=1S/C108H69B2N5OS2/c1-10-34-70(35-11-1)81-54-32-55-82(71-36-12-2-13-37-71)103(81)114-96-66-80(112(76-46-22-7-23-47-76)77-48-24-8-25-49-77)67-100-102(96)110(89-62-60-87-85-52-28-30-58-97(85)116-107(87)105(89)114)92-68-91-93(69-99(92)117-100)113(78-50-26-9-27-51-78)94-64-79(111(74-42-18-5-19-43-74)75-44-20-6-21-45-75)65-95-101(94)109(91)90-63-61-88-86-53-29-31-59-98(86)118-108(88)106(90)115(95)104-83(72-38-14-3-15-39-72)56-33-57-84(104)73-40-16-4-17-41-73/h1-69H. The Hall–Kier alpha value is -14.5. The number of thiophene rings is 1. The molecule has 0 saturated carbocycles. The molecule has 0 saturated heterocycles. The van der Waals surface area contributed by atoms with Gasteiger partial charge in [-0.3, -0.25) is 0 Å². The van der Waals surface area contributed by atoms with Gasteiger partial charge in [0.2, 0.25) is 6.71 Å². The van der Waals surface area contributed by atoms with Gasteiger partial charge in [0.25, 0.3) is 6.71 Å². The van der Waals surface area contributed by atoms with Crippen LogP contribution in [0.1, 0.15) is 0 Å². The van der Waals surface area contributed by atoms with Crippen molar-refractivity contribution in [2.75, 3.05) is 24.5 Å². The van der Waals surface area contributed by atoms with Crippen molar-refractivity contribution in [3.05, 3.63) is 419 Å². The molecule has 6 nitrogen and oxygen atoms in total. The molecule has 0 spiro atoms. The molecule has 550 valence electrons. The SMILES string of the molecule is c1ccc(-c2cccc(-c3ccccc3)c2N2c3cc(N(c4ccccc4)c4ccccc4)cc4c3B(c3cc5c(cc3S4)N(c3ccccc3)c3cc(N(c4ccccc4)c4ccccc4)cc4c3B5c3ccc5c(sc6ccccc65)c3N4c3c(-c4ccccc4)cccc3-c3ccccc3)c3ccc4c(oc5ccccc54)c32)cc1. The number of hydrogen-bond donors (Lipinski definition) is 0. The normalized spacial score (nSPS) is 12.8. The molecule has 24 rings (SSSR count). The Morgan fingerprint density at radius 1 is 0.254 bits per heavy atom. The van der Waals surface area contributed by atoms with Gasteiger partial charge < -0.3 is 28.9 Å². The van der Waals surface area contributed by atoms with Crippen molar-refractivity contribution in [2.45, 2.75) is 9.79 Å². The molecule has 0 unspecified atom stereocenters. The molecule has 4 aliphatic rings. The summed E-state index contributed by atoms with van der Waals surface area (Å²) in [7, 11) is 0. The molecule has 18 aromatic carbocycles. The molecule has 6 heterocycles. The lowest BCUT2D eigenvalue weighted by Crippen LogP contribution is -2.64. The van der Waals surface area contributed by atoms with Crippen LogP contribution in [0, 0.1) is 0 Å². The number of rotatable bonds is 13. The largest absolute Gasteiger partial charge is 0.454 e. The molecule has 0 atom stereocenters. The average molecular weight is 1540 g/mol. The average Bonchev–Trinajstić information content (AvgIpc) is 0.977. The van der Waals surface area contributed by atoms with Crippen LogP contribution in [-0.2, 0) is 0 Å². The first-order valence-electron chi connectivity index (χ1n) is 40.4. The first-order chi connectivity index (χ1) is 58.6. The fourth-order valence-electron chi connectivity index (χ4n) is 19.5. The van der Waals surface area contributed by atoms with Crippen molar-refractivity contribution in [3.8, 4) is 44.5 Å². The highest BCUT2D eigenvalue weighted by Gasteiger charge is 2.50. The van der Waals surface area contributed by atoms with Crippen LogP contribution < -0.4 is 57.3 Å². The van der Waals surface area contributed by atoms with E-state index in [4.69, 9.17) is 4.42 Å². The summed E-state index contributed by atoms with van der Waals surface area (Å²) in [5.41, 5.74) is 34.1. The molecule has 0 radical (unpaired) electrons. The second-order valence-electron chi connectivity index (χ2n) is 30.9. The summed E-state index contributed by atoms with van der Waals surface area (Å²) >= 11 is 3.81. The first kappa shape index (κ1) is 67.9. The zero-order valence-corrected chi connectivity index (χ0v) is 65.6. The van der Waals surface area contributed by atoms with E-state index >= 15 is 0 Å². The predicted octanol–water partition coefficient (Wildman–Crippen LogP) is 26.4. The summed E-state index contributed by atoms with van der Waals surface area (Å²) in [6, 6.07) is 156. The lowest BCUT2D eigenvalue weighted by molar-refractivity contribution is 0.669. The number of benzene rings is 18. The minimum atomic E-state index is -0.315. The summed E-state index contributed by atoms with van der Waals surface area (Å²) in [6.45, 7) is -0.627. The minimum absolute atomic E-state index is 0.312. The Bertz CT molecular complexity index is 7170. The lowest BCUT2D eigenvalue weighted by Gasteiger charge is -2.47. The number of hydrogen-bond acceptors (Lipinski definition) is 8. The van der Waals surface area contributed by atoms with Crippen LogP contribution in [-0.4, -0.2) is 13.4 Å². The fraction of sp³-hybridized carbons (Fsp3) is 0. The molecular formula is C108H69B2N5OS2. The van der Waals surface area contributed by atoms with E-state index in [1.807, 2.05) is 23.1 Å². The zero-order chi connectivity index (χ0) is 77.5. The number of furan rings is 1. The van der Waals surface area contributed by atoms with Crippen molar-refractivity contribution >= 4 is 197 Å². The molecule has 10 heteroatoms. The number of nitrogens with zero attached hydrogens (tertiary/aromatic N) is 5. The Kier molecular flexibility index (Phi) is 15.9. The number of anilines is 15. The highest BCUT2D eigenvalue weighted by molar-refractivity contribution is 8.00. The van der Waals surface area contributed by atoms with Gasteiger partial charge in [0.15, 0.2) is 5.58 Å². The molecular weight excluding hydrogens is 1470 g/mol. The van der Waals surface area contributed by atoms with Gasteiger partial charge >= 0.3 is 0 Å². The van der Waals surface area contributed by atoms with Crippen LogP contribution in [0.15, 0.2) is 433 Å². The maximum atomic E-state index is 7.63. The van der Waals surface area contributed by atoms with Gasteiger partial charge in [-0.05, 0) is 153 Å². The van der Waals surface area contributed by atoms with E-state index in [1.54, 1.807) is 0 Å². The Balaban J connectivity index is 0.848. The topological polar surface area (TPSA) is 29.3 Å². The van der Waals surface area contributed by atoms with Crippen LogP contribution in [0.3, 0.4) is 0 Å². The molecule has 118 heavy (non-hydrogen) atoms. The van der Waals surface area contributed by atoms with Crippen molar-refractivity contribution < 1.29 is 4.42 Å². The monoisotopic (exact) mass is 1540 g/mol. The maximum absolute atomic E-state index is 7.63.